The van der Waals surface area contributed by atoms with Gasteiger partial charge < -0.3 is 15.3 Å². The third-order valence-corrected chi connectivity index (χ3v) is 7.92. The van der Waals surface area contributed by atoms with E-state index in [9.17, 15) is 0 Å². The molecule has 0 amide bonds. The van der Waals surface area contributed by atoms with Crippen molar-refractivity contribution in [1.29, 1.82) is 0 Å². The zero-order valence-corrected chi connectivity index (χ0v) is 19.0. The van der Waals surface area contributed by atoms with Crippen LogP contribution in [-0.2, 0) is 0 Å². The minimum Gasteiger partial charge on any atom is -0.341 e. The molecule has 0 aliphatic carbocycles. The average molecular weight is 453 g/mol. The average Bonchev–Trinajstić information content (AvgIpc) is 3.68. The zero-order chi connectivity index (χ0) is 21.8. The number of aliphatic imine (C=N–C) groups is 1. The maximum absolute atomic E-state index is 4.64. The smallest absolute Gasteiger partial charge is 0.151 e. The molecule has 1 fully saturated rings. The number of imidazole rings is 2. The van der Waals surface area contributed by atoms with E-state index in [0.29, 0.717) is 6.04 Å². The first kappa shape index (κ1) is 19.2. The van der Waals surface area contributed by atoms with Gasteiger partial charge in [0.1, 0.15) is 5.82 Å². The van der Waals surface area contributed by atoms with Crippen molar-refractivity contribution in [3.63, 3.8) is 0 Å². The summed E-state index contributed by atoms with van der Waals surface area (Å²) >= 11 is 1.84. The van der Waals surface area contributed by atoms with Gasteiger partial charge in [-0.2, -0.15) is 0 Å². The van der Waals surface area contributed by atoms with Gasteiger partial charge in [0.2, 0.25) is 0 Å². The number of hydrogen-bond acceptors (Lipinski definition) is 5. The molecule has 3 N–H and O–H groups in total. The van der Waals surface area contributed by atoms with E-state index < -0.39 is 0 Å². The summed E-state index contributed by atoms with van der Waals surface area (Å²) in [6.45, 7) is 1.99. The van der Waals surface area contributed by atoms with E-state index in [1.807, 2.05) is 23.7 Å². The second-order valence-electron chi connectivity index (χ2n) is 8.93. The van der Waals surface area contributed by atoms with Crippen LogP contribution in [0.15, 0.2) is 53.8 Å². The van der Waals surface area contributed by atoms with Gasteiger partial charge in [-0.1, -0.05) is 24.3 Å². The van der Waals surface area contributed by atoms with Crippen LogP contribution in [0.1, 0.15) is 43.4 Å². The lowest BCUT2D eigenvalue weighted by Crippen LogP contribution is -2.14. The summed E-state index contributed by atoms with van der Waals surface area (Å²) < 4.78 is 2.58. The molecule has 2 aliphatic rings. The normalized spacial score (nSPS) is 18.5. The molecule has 1 saturated heterocycles. The summed E-state index contributed by atoms with van der Waals surface area (Å²) in [5, 5.41) is 6.11. The molecule has 1 atom stereocenters. The van der Waals surface area contributed by atoms with E-state index in [1.165, 1.54) is 32.2 Å². The number of aromatic amines is 2. The highest BCUT2D eigenvalue weighted by molar-refractivity contribution is 7.25. The maximum Gasteiger partial charge on any atom is 0.151 e. The molecule has 164 valence electrons. The molecule has 1 unspecified atom stereocenters. The van der Waals surface area contributed by atoms with Crippen molar-refractivity contribution in [3.8, 4) is 22.5 Å². The lowest BCUT2D eigenvalue weighted by molar-refractivity contribution is 0.613. The van der Waals surface area contributed by atoms with Crippen molar-refractivity contribution in [3.05, 3.63) is 60.4 Å². The van der Waals surface area contributed by atoms with Crippen molar-refractivity contribution >= 4 is 37.2 Å². The van der Waals surface area contributed by atoms with Crippen molar-refractivity contribution in [2.24, 2.45) is 4.99 Å². The number of nitrogens with one attached hydrogen (secondary N) is 3. The SMILES string of the molecule is c1cc2c(cc1-c1cnc(C3=NCCC3)[nH]1)sc1cc(-c3cnc(C4CCCN4)[nH]3)ccc12. The van der Waals surface area contributed by atoms with E-state index in [0.717, 1.165) is 66.7 Å². The van der Waals surface area contributed by atoms with Crippen LogP contribution in [0.3, 0.4) is 0 Å². The number of thiophene rings is 1. The van der Waals surface area contributed by atoms with Gasteiger partial charge >= 0.3 is 0 Å². The number of benzene rings is 2. The first-order valence-corrected chi connectivity index (χ1v) is 12.5. The molecule has 2 aliphatic heterocycles. The number of hydrogen-bond donors (Lipinski definition) is 3. The Morgan fingerprint density at radius 3 is 2.30 bits per heavy atom. The molecule has 0 radical (unpaired) electrons. The van der Waals surface area contributed by atoms with E-state index >= 15 is 0 Å². The maximum atomic E-state index is 4.64. The molecular weight excluding hydrogens is 428 g/mol. The van der Waals surface area contributed by atoms with Crippen LogP contribution in [0.2, 0.25) is 0 Å². The Labute approximate surface area is 195 Å². The summed E-state index contributed by atoms with van der Waals surface area (Å²) in [5.74, 6) is 1.96. The Kier molecular flexibility index (Phi) is 4.45. The van der Waals surface area contributed by atoms with E-state index in [2.05, 4.69) is 66.6 Å². The predicted molar refractivity (Wildman–Crippen MR) is 135 cm³/mol. The highest BCUT2D eigenvalue weighted by atomic mass is 32.1. The molecule has 0 saturated carbocycles. The Bertz CT molecular complexity index is 1510. The van der Waals surface area contributed by atoms with Crippen LogP contribution < -0.4 is 5.32 Å². The van der Waals surface area contributed by atoms with Crippen LogP contribution in [0, 0.1) is 0 Å². The van der Waals surface area contributed by atoms with Crippen molar-refractivity contribution in [2.75, 3.05) is 13.1 Å². The van der Waals surface area contributed by atoms with Crippen LogP contribution in [0.25, 0.3) is 42.7 Å². The minimum atomic E-state index is 0.356. The third-order valence-electron chi connectivity index (χ3n) is 6.80. The molecule has 3 aromatic heterocycles. The first-order chi connectivity index (χ1) is 16.3. The molecule has 2 aromatic carbocycles. The van der Waals surface area contributed by atoms with Crippen LogP contribution in [-0.4, -0.2) is 38.7 Å². The predicted octanol–water partition coefficient (Wildman–Crippen LogP) is 5.84. The lowest BCUT2D eigenvalue weighted by atomic mass is 10.1. The van der Waals surface area contributed by atoms with E-state index in [1.54, 1.807) is 0 Å². The van der Waals surface area contributed by atoms with Gasteiger partial charge in [0, 0.05) is 37.8 Å². The number of nitrogens with zero attached hydrogens (tertiary/aromatic N) is 3. The standard InChI is InChI=1S/C26H24N6S/c1-3-19(27-9-1)25-29-13-21(31-25)15-5-7-17-18-8-6-16(12-24(18)33-23(17)11-15)22-14-30-26(32-22)20-4-2-10-28-20/h5-8,11-14,19,27H,1-4,9-10H2,(H,29,31)(H,30,32). The first-order valence-electron chi connectivity index (χ1n) is 11.7. The summed E-state index contributed by atoms with van der Waals surface area (Å²) in [5.41, 5.74) is 5.57. The summed E-state index contributed by atoms with van der Waals surface area (Å²) in [4.78, 5) is 20.8. The molecule has 33 heavy (non-hydrogen) atoms. The highest BCUT2D eigenvalue weighted by Gasteiger charge is 2.19. The molecule has 5 aromatic rings. The number of H-pyrrole nitrogens is 2. The molecule has 6 nitrogen and oxygen atoms in total. The fourth-order valence-corrected chi connectivity index (χ4v) is 6.22. The largest absolute Gasteiger partial charge is 0.341 e. The monoisotopic (exact) mass is 452 g/mol. The molecule has 0 bridgehead atoms. The van der Waals surface area contributed by atoms with Gasteiger partial charge in [-0.15, -0.1) is 11.3 Å². The number of fused-ring (bicyclic) bond motifs is 3. The van der Waals surface area contributed by atoms with Crippen molar-refractivity contribution in [1.82, 2.24) is 25.3 Å². The van der Waals surface area contributed by atoms with Crippen molar-refractivity contribution in [2.45, 2.75) is 31.7 Å². The van der Waals surface area contributed by atoms with Crippen LogP contribution >= 0.6 is 11.3 Å². The summed E-state index contributed by atoms with van der Waals surface area (Å²) in [6, 6.07) is 13.8. The van der Waals surface area contributed by atoms with Gasteiger partial charge in [-0.05, 0) is 44.4 Å². The Morgan fingerprint density at radius 2 is 1.61 bits per heavy atom. The molecule has 7 heteroatoms. The molecule has 7 rings (SSSR count). The Morgan fingerprint density at radius 1 is 0.848 bits per heavy atom. The fourth-order valence-electron chi connectivity index (χ4n) is 5.04. The quantitative estimate of drug-likeness (QED) is 0.320. The topological polar surface area (TPSA) is 81.8 Å². The fraction of sp³-hybridized carbons (Fsp3) is 0.269. The summed E-state index contributed by atoms with van der Waals surface area (Å²) in [6.07, 6.45) is 8.39. The lowest BCUT2D eigenvalue weighted by Gasteiger charge is -2.05. The Hall–Kier alpha value is -3.29. The minimum absolute atomic E-state index is 0.356. The summed E-state index contributed by atoms with van der Waals surface area (Å²) in [7, 11) is 0. The van der Waals surface area contributed by atoms with Crippen LogP contribution in [0.5, 0.6) is 0 Å². The molecule has 0 spiro atoms. The van der Waals surface area contributed by atoms with E-state index in [-0.39, 0.29) is 0 Å². The Balaban J connectivity index is 1.23. The van der Waals surface area contributed by atoms with Gasteiger partial charge in [0.05, 0.1) is 35.5 Å². The second-order valence-corrected chi connectivity index (χ2v) is 10.0. The molecular formula is C26H24N6S. The third kappa shape index (κ3) is 3.31. The number of aromatic nitrogens is 4. The zero-order valence-electron chi connectivity index (χ0n) is 18.2. The highest BCUT2D eigenvalue weighted by Crippen LogP contribution is 2.38. The van der Waals surface area contributed by atoms with Gasteiger partial charge in [0.25, 0.3) is 0 Å². The number of rotatable bonds is 4. The van der Waals surface area contributed by atoms with Gasteiger partial charge in [-0.25, -0.2) is 9.97 Å². The van der Waals surface area contributed by atoms with Gasteiger partial charge in [-0.3, -0.25) is 4.99 Å². The van der Waals surface area contributed by atoms with E-state index in [4.69, 9.17) is 0 Å². The van der Waals surface area contributed by atoms with Crippen LogP contribution in [0.4, 0.5) is 0 Å². The molecule has 5 heterocycles. The van der Waals surface area contributed by atoms with Crippen molar-refractivity contribution < 1.29 is 0 Å². The second kappa shape index (κ2) is 7.64. The van der Waals surface area contributed by atoms with Gasteiger partial charge in [0.15, 0.2) is 5.82 Å².